The van der Waals surface area contributed by atoms with Crippen molar-refractivity contribution in [3.63, 3.8) is 0 Å². The molecule has 2 bridgehead atoms. The summed E-state index contributed by atoms with van der Waals surface area (Å²) in [5.41, 5.74) is 0. The number of hydrogen-bond acceptors (Lipinski definition) is 2. The normalized spacial score (nSPS) is 41.0. The molecule has 0 aromatic carbocycles. The zero-order valence-electron chi connectivity index (χ0n) is 6.67. The van der Waals surface area contributed by atoms with E-state index in [1.165, 1.54) is 6.42 Å². The Bertz CT molecular complexity index is 181. The van der Waals surface area contributed by atoms with Gasteiger partial charge in [-0.05, 0) is 19.3 Å². The van der Waals surface area contributed by atoms with Gasteiger partial charge in [0.05, 0.1) is 18.2 Å². The van der Waals surface area contributed by atoms with Crippen LogP contribution in [0.1, 0.15) is 26.2 Å². The highest BCUT2D eigenvalue weighted by molar-refractivity contribution is 5.73. The van der Waals surface area contributed by atoms with Crippen molar-refractivity contribution >= 4 is 5.91 Å². The van der Waals surface area contributed by atoms with Crippen molar-refractivity contribution in [2.24, 2.45) is 0 Å². The minimum absolute atomic E-state index is 0.0613. The molecule has 62 valence electrons. The topological polar surface area (TPSA) is 38.3 Å². The number of nitrogens with one attached hydrogen (secondary N) is 1. The fourth-order valence-corrected chi connectivity index (χ4v) is 2.05. The molecule has 0 aromatic rings. The molecule has 2 aliphatic heterocycles. The minimum atomic E-state index is 0.0613. The minimum Gasteiger partial charge on any atom is -0.373 e. The monoisotopic (exact) mass is 155 g/mol. The first kappa shape index (κ1) is 7.10. The lowest BCUT2D eigenvalue weighted by molar-refractivity contribution is -0.120. The highest BCUT2D eigenvalue weighted by atomic mass is 16.5. The van der Waals surface area contributed by atoms with E-state index in [4.69, 9.17) is 4.74 Å². The fourth-order valence-electron chi connectivity index (χ4n) is 2.05. The lowest BCUT2D eigenvalue weighted by Gasteiger charge is -2.18. The molecule has 2 aliphatic rings. The molecule has 0 spiro atoms. The van der Waals surface area contributed by atoms with Crippen LogP contribution in [0.5, 0.6) is 0 Å². The maximum atomic E-state index is 10.7. The van der Waals surface area contributed by atoms with Crippen LogP contribution in [0.25, 0.3) is 0 Å². The molecule has 3 heteroatoms. The number of amides is 1. The Balaban J connectivity index is 1.92. The maximum Gasteiger partial charge on any atom is 0.217 e. The summed E-state index contributed by atoms with van der Waals surface area (Å²) in [4.78, 5) is 10.7. The van der Waals surface area contributed by atoms with Crippen LogP contribution in [0.15, 0.2) is 0 Å². The third-order valence-corrected chi connectivity index (χ3v) is 2.49. The van der Waals surface area contributed by atoms with Crippen molar-refractivity contribution in [1.29, 1.82) is 0 Å². The maximum absolute atomic E-state index is 10.7. The molecule has 1 unspecified atom stereocenters. The first-order valence-electron chi connectivity index (χ1n) is 4.18. The van der Waals surface area contributed by atoms with E-state index in [9.17, 15) is 4.79 Å². The molecule has 2 fully saturated rings. The molecule has 11 heavy (non-hydrogen) atoms. The Hall–Kier alpha value is -0.570. The molecule has 0 saturated carbocycles. The zero-order valence-corrected chi connectivity index (χ0v) is 6.67. The lowest BCUT2D eigenvalue weighted by Crippen LogP contribution is -2.40. The molecular formula is C8H13NO2. The number of hydrogen-bond donors (Lipinski definition) is 1. The Morgan fingerprint density at radius 3 is 2.82 bits per heavy atom. The van der Waals surface area contributed by atoms with Crippen LogP contribution < -0.4 is 5.32 Å². The van der Waals surface area contributed by atoms with Gasteiger partial charge in [0.25, 0.3) is 0 Å². The molecule has 3 atom stereocenters. The summed E-state index contributed by atoms with van der Waals surface area (Å²) < 4.78 is 5.57. The fraction of sp³-hybridized carbons (Fsp3) is 0.875. The Morgan fingerprint density at radius 2 is 2.36 bits per heavy atom. The van der Waals surface area contributed by atoms with E-state index in [1.54, 1.807) is 6.92 Å². The molecule has 1 N–H and O–H groups in total. The lowest BCUT2D eigenvalue weighted by atomic mass is 9.95. The van der Waals surface area contributed by atoms with E-state index >= 15 is 0 Å². The predicted molar refractivity (Wildman–Crippen MR) is 40.1 cm³/mol. The quantitative estimate of drug-likeness (QED) is 0.596. The van der Waals surface area contributed by atoms with E-state index in [1.807, 2.05) is 0 Å². The van der Waals surface area contributed by atoms with Gasteiger partial charge in [0.2, 0.25) is 5.91 Å². The van der Waals surface area contributed by atoms with Crippen molar-refractivity contribution in [1.82, 2.24) is 5.32 Å². The largest absolute Gasteiger partial charge is 0.373 e. The van der Waals surface area contributed by atoms with Gasteiger partial charge >= 0.3 is 0 Å². The van der Waals surface area contributed by atoms with Gasteiger partial charge in [0.15, 0.2) is 0 Å². The Labute approximate surface area is 66.1 Å². The van der Waals surface area contributed by atoms with Gasteiger partial charge in [-0.3, -0.25) is 4.79 Å². The van der Waals surface area contributed by atoms with E-state index in [2.05, 4.69) is 5.32 Å². The summed E-state index contributed by atoms with van der Waals surface area (Å²) in [6, 6.07) is 0.297. The van der Waals surface area contributed by atoms with Crippen LogP contribution in [-0.2, 0) is 9.53 Å². The summed E-state index contributed by atoms with van der Waals surface area (Å²) in [7, 11) is 0. The van der Waals surface area contributed by atoms with Gasteiger partial charge in [-0.15, -0.1) is 0 Å². The summed E-state index contributed by atoms with van der Waals surface area (Å²) >= 11 is 0. The number of ether oxygens (including phenoxy) is 1. The van der Waals surface area contributed by atoms with Gasteiger partial charge < -0.3 is 10.1 Å². The number of rotatable bonds is 1. The third-order valence-electron chi connectivity index (χ3n) is 2.49. The second kappa shape index (κ2) is 2.48. The average Bonchev–Trinajstić information content (AvgIpc) is 2.45. The van der Waals surface area contributed by atoms with Crippen LogP contribution in [0.2, 0.25) is 0 Å². The van der Waals surface area contributed by atoms with Crippen LogP contribution in [0, 0.1) is 0 Å². The smallest absolute Gasteiger partial charge is 0.217 e. The Morgan fingerprint density at radius 1 is 1.55 bits per heavy atom. The second-order valence-electron chi connectivity index (χ2n) is 3.42. The number of fused-ring (bicyclic) bond motifs is 2. The average molecular weight is 155 g/mol. The van der Waals surface area contributed by atoms with Crippen LogP contribution in [0.4, 0.5) is 0 Å². The number of carbonyl (C=O) groups excluding carboxylic acids is 1. The standard InChI is InChI=1S/C8H13NO2/c1-5(10)9-7-4-6-2-3-8(7)11-6/h6-8H,2-4H2,1H3,(H,9,10)/t6-,7?,8+/m0/s1. The zero-order chi connectivity index (χ0) is 7.84. The van der Waals surface area contributed by atoms with Crippen LogP contribution in [0.3, 0.4) is 0 Å². The molecule has 2 saturated heterocycles. The summed E-state index contributed by atoms with van der Waals surface area (Å²) in [5, 5.41) is 2.91. The van der Waals surface area contributed by atoms with Crippen LogP contribution >= 0.6 is 0 Å². The molecule has 3 nitrogen and oxygen atoms in total. The summed E-state index contributed by atoms with van der Waals surface area (Å²) in [6.45, 7) is 1.56. The highest BCUT2D eigenvalue weighted by Gasteiger charge is 2.40. The SMILES string of the molecule is CC(=O)NC1C[C@@H]2CC[C@H]1O2. The summed E-state index contributed by atoms with van der Waals surface area (Å²) in [6.07, 6.45) is 4.06. The van der Waals surface area contributed by atoms with Gasteiger partial charge in [-0.1, -0.05) is 0 Å². The molecule has 2 heterocycles. The van der Waals surface area contributed by atoms with Gasteiger partial charge in [-0.25, -0.2) is 0 Å². The van der Waals surface area contributed by atoms with Gasteiger partial charge in [0, 0.05) is 6.92 Å². The first-order valence-corrected chi connectivity index (χ1v) is 4.18. The molecule has 0 radical (unpaired) electrons. The van der Waals surface area contributed by atoms with Crippen molar-refractivity contribution in [3.05, 3.63) is 0 Å². The highest BCUT2D eigenvalue weighted by Crippen LogP contribution is 2.34. The predicted octanol–water partition coefficient (Wildman–Crippen LogP) is 0.442. The van der Waals surface area contributed by atoms with E-state index in [0.717, 1.165) is 12.8 Å². The van der Waals surface area contributed by atoms with Crippen molar-refractivity contribution in [3.8, 4) is 0 Å². The number of carbonyl (C=O) groups is 1. The van der Waals surface area contributed by atoms with Gasteiger partial charge in [0.1, 0.15) is 0 Å². The molecule has 0 aromatic heterocycles. The van der Waals surface area contributed by atoms with E-state index in [-0.39, 0.29) is 5.91 Å². The molecule has 2 rings (SSSR count). The van der Waals surface area contributed by atoms with Crippen molar-refractivity contribution < 1.29 is 9.53 Å². The van der Waals surface area contributed by atoms with Crippen molar-refractivity contribution in [2.45, 2.75) is 44.4 Å². The van der Waals surface area contributed by atoms with Crippen LogP contribution in [-0.4, -0.2) is 24.2 Å². The summed E-state index contributed by atoms with van der Waals surface area (Å²) in [5.74, 6) is 0.0613. The first-order chi connectivity index (χ1) is 5.25. The third kappa shape index (κ3) is 1.25. The van der Waals surface area contributed by atoms with E-state index < -0.39 is 0 Å². The molecular weight excluding hydrogens is 142 g/mol. The van der Waals surface area contributed by atoms with Gasteiger partial charge in [-0.2, -0.15) is 0 Å². The van der Waals surface area contributed by atoms with E-state index in [0.29, 0.717) is 18.2 Å². The Kier molecular flexibility index (Phi) is 1.60. The second-order valence-corrected chi connectivity index (χ2v) is 3.42. The molecule has 0 aliphatic carbocycles. The van der Waals surface area contributed by atoms with Crippen molar-refractivity contribution in [2.75, 3.05) is 0 Å². The molecule has 1 amide bonds.